The summed E-state index contributed by atoms with van der Waals surface area (Å²) in [6.45, 7) is 0. The van der Waals surface area contributed by atoms with Crippen molar-refractivity contribution >= 4 is 28.1 Å². The zero-order chi connectivity index (χ0) is 13.7. The van der Waals surface area contributed by atoms with Crippen molar-refractivity contribution in [2.75, 3.05) is 0 Å². The molecular weight excluding hydrogens is 310 g/mol. The standard InChI is InChI=1S/C13H10BrN3O2/c14-11-5-10(6-15-8-11)13(19)17-16-7-9-3-1-2-4-12(9)18/h1-8,18H,(H,17,19)/b16-7+. The summed E-state index contributed by atoms with van der Waals surface area (Å²) in [6, 6.07) is 8.34. The molecule has 2 N–H and O–H groups in total. The van der Waals surface area contributed by atoms with Gasteiger partial charge in [-0.1, -0.05) is 12.1 Å². The van der Waals surface area contributed by atoms with Gasteiger partial charge in [-0.2, -0.15) is 5.10 Å². The van der Waals surface area contributed by atoms with E-state index in [2.05, 4.69) is 31.4 Å². The first-order valence-electron chi connectivity index (χ1n) is 5.39. The Morgan fingerprint density at radius 3 is 2.89 bits per heavy atom. The van der Waals surface area contributed by atoms with Gasteiger partial charge in [0.2, 0.25) is 0 Å². The van der Waals surface area contributed by atoms with E-state index >= 15 is 0 Å². The third-order valence-corrected chi connectivity index (χ3v) is 2.71. The first-order chi connectivity index (χ1) is 9.16. The van der Waals surface area contributed by atoms with E-state index in [0.29, 0.717) is 15.6 Å². The number of para-hydroxylation sites is 1. The van der Waals surface area contributed by atoms with Crippen molar-refractivity contribution in [3.63, 3.8) is 0 Å². The Kier molecular flexibility index (Phi) is 4.25. The highest BCUT2D eigenvalue weighted by molar-refractivity contribution is 9.10. The number of benzene rings is 1. The van der Waals surface area contributed by atoms with Gasteiger partial charge in [0.1, 0.15) is 5.75 Å². The van der Waals surface area contributed by atoms with Crippen molar-refractivity contribution in [2.24, 2.45) is 5.10 Å². The molecule has 96 valence electrons. The average molecular weight is 320 g/mol. The van der Waals surface area contributed by atoms with Gasteiger partial charge in [-0.25, -0.2) is 5.43 Å². The molecule has 6 heteroatoms. The fourth-order valence-corrected chi connectivity index (χ4v) is 1.72. The summed E-state index contributed by atoms with van der Waals surface area (Å²) in [5.74, 6) is -0.273. The number of carbonyl (C=O) groups is 1. The van der Waals surface area contributed by atoms with Gasteiger partial charge in [0.05, 0.1) is 11.8 Å². The van der Waals surface area contributed by atoms with Crippen LogP contribution in [0.5, 0.6) is 5.75 Å². The largest absolute Gasteiger partial charge is 0.507 e. The molecule has 1 heterocycles. The summed E-state index contributed by atoms with van der Waals surface area (Å²) < 4.78 is 0.713. The topological polar surface area (TPSA) is 74.6 Å². The number of phenols is 1. The Labute approximate surface area is 118 Å². The fraction of sp³-hybridized carbons (Fsp3) is 0. The Morgan fingerprint density at radius 1 is 1.37 bits per heavy atom. The zero-order valence-corrected chi connectivity index (χ0v) is 11.3. The maximum absolute atomic E-state index is 11.7. The number of carbonyl (C=O) groups excluding carboxylic acids is 1. The van der Waals surface area contributed by atoms with Crippen LogP contribution in [0.1, 0.15) is 15.9 Å². The van der Waals surface area contributed by atoms with Crippen LogP contribution in [0.25, 0.3) is 0 Å². The summed E-state index contributed by atoms with van der Waals surface area (Å²) in [4.78, 5) is 15.6. The Hall–Kier alpha value is -2.21. The Morgan fingerprint density at radius 2 is 2.16 bits per heavy atom. The average Bonchev–Trinajstić information content (AvgIpc) is 2.41. The second-order valence-electron chi connectivity index (χ2n) is 3.65. The van der Waals surface area contributed by atoms with Crippen molar-refractivity contribution in [1.82, 2.24) is 10.4 Å². The van der Waals surface area contributed by atoms with Crippen LogP contribution < -0.4 is 5.43 Å². The van der Waals surface area contributed by atoms with E-state index in [1.807, 2.05) is 0 Å². The number of amides is 1. The molecule has 0 saturated heterocycles. The van der Waals surface area contributed by atoms with Crippen molar-refractivity contribution in [2.45, 2.75) is 0 Å². The molecule has 1 aromatic carbocycles. The number of aromatic hydroxyl groups is 1. The van der Waals surface area contributed by atoms with Crippen molar-refractivity contribution in [1.29, 1.82) is 0 Å². The molecule has 0 saturated carbocycles. The van der Waals surface area contributed by atoms with Crippen LogP contribution in [-0.4, -0.2) is 22.2 Å². The molecular formula is C13H10BrN3O2. The molecule has 2 aromatic rings. The maximum atomic E-state index is 11.7. The summed E-state index contributed by atoms with van der Waals surface area (Å²) >= 11 is 3.23. The van der Waals surface area contributed by atoms with E-state index in [1.54, 1.807) is 36.5 Å². The van der Waals surface area contributed by atoms with E-state index in [-0.39, 0.29) is 11.7 Å². The number of phenolic OH excluding ortho intramolecular Hbond substituents is 1. The van der Waals surface area contributed by atoms with Crippen molar-refractivity contribution < 1.29 is 9.90 Å². The van der Waals surface area contributed by atoms with Crippen LogP contribution in [0.4, 0.5) is 0 Å². The zero-order valence-electron chi connectivity index (χ0n) is 9.75. The van der Waals surface area contributed by atoms with Gasteiger partial charge in [0.25, 0.3) is 5.91 Å². The minimum Gasteiger partial charge on any atom is -0.507 e. The third-order valence-electron chi connectivity index (χ3n) is 2.27. The number of nitrogens with zero attached hydrogens (tertiary/aromatic N) is 2. The molecule has 0 fully saturated rings. The number of hydrogen-bond donors (Lipinski definition) is 2. The van der Waals surface area contributed by atoms with Gasteiger partial charge in [0, 0.05) is 22.4 Å². The highest BCUT2D eigenvalue weighted by atomic mass is 79.9. The Balaban J connectivity index is 2.03. The number of hydrazone groups is 1. The number of pyridine rings is 1. The highest BCUT2D eigenvalue weighted by Crippen LogP contribution is 2.12. The minimum absolute atomic E-state index is 0.102. The number of rotatable bonds is 3. The van der Waals surface area contributed by atoms with Crippen LogP contribution >= 0.6 is 15.9 Å². The molecule has 0 bridgehead atoms. The molecule has 0 unspecified atom stereocenters. The molecule has 19 heavy (non-hydrogen) atoms. The van der Waals surface area contributed by atoms with Crippen molar-refractivity contribution in [3.8, 4) is 5.75 Å². The normalized spacial score (nSPS) is 10.6. The number of halogens is 1. The van der Waals surface area contributed by atoms with Gasteiger partial charge in [-0.3, -0.25) is 9.78 Å². The lowest BCUT2D eigenvalue weighted by Crippen LogP contribution is -2.17. The van der Waals surface area contributed by atoms with Crippen LogP contribution in [0.2, 0.25) is 0 Å². The monoisotopic (exact) mass is 319 g/mol. The van der Waals surface area contributed by atoms with Gasteiger partial charge in [0.15, 0.2) is 0 Å². The summed E-state index contributed by atoms with van der Waals surface area (Å²) in [5.41, 5.74) is 3.28. The number of nitrogens with one attached hydrogen (secondary N) is 1. The highest BCUT2D eigenvalue weighted by Gasteiger charge is 2.04. The summed E-state index contributed by atoms with van der Waals surface area (Å²) in [6.07, 6.45) is 4.40. The predicted octanol–water partition coefficient (Wildman–Crippen LogP) is 2.31. The fourth-order valence-electron chi connectivity index (χ4n) is 1.36. The second-order valence-corrected chi connectivity index (χ2v) is 4.57. The van der Waals surface area contributed by atoms with Crippen LogP contribution in [0.15, 0.2) is 52.3 Å². The number of aromatic nitrogens is 1. The smallest absolute Gasteiger partial charge is 0.272 e. The van der Waals surface area contributed by atoms with E-state index in [1.165, 1.54) is 12.4 Å². The van der Waals surface area contributed by atoms with Gasteiger partial charge >= 0.3 is 0 Å². The van der Waals surface area contributed by atoms with Crippen LogP contribution in [0.3, 0.4) is 0 Å². The number of hydrogen-bond acceptors (Lipinski definition) is 4. The first-order valence-corrected chi connectivity index (χ1v) is 6.18. The summed E-state index contributed by atoms with van der Waals surface area (Å²) in [5, 5.41) is 13.3. The molecule has 1 amide bonds. The quantitative estimate of drug-likeness (QED) is 0.673. The predicted molar refractivity (Wildman–Crippen MR) is 75.1 cm³/mol. The molecule has 0 aliphatic rings. The lowest BCUT2D eigenvalue weighted by molar-refractivity contribution is 0.0954. The van der Waals surface area contributed by atoms with E-state index < -0.39 is 0 Å². The second kappa shape index (κ2) is 6.10. The molecule has 0 spiro atoms. The van der Waals surface area contributed by atoms with Gasteiger partial charge < -0.3 is 5.11 Å². The van der Waals surface area contributed by atoms with Crippen LogP contribution in [-0.2, 0) is 0 Å². The van der Waals surface area contributed by atoms with E-state index in [9.17, 15) is 9.90 Å². The summed E-state index contributed by atoms with van der Waals surface area (Å²) in [7, 11) is 0. The Bertz CT molecular complexity index is 629. The molecule has 0 radical (unpaired) electrons. The lowest BCUT2D eigenvalue weighted by Gasteiger charge is -2.00. The maximum Gasteiger partial charge on any atom is 0.272 e. The van der Waals surface area contributed by atoms with Crippen LogP contribution in [0, 0.1) is 0 Å². The van der Waals surface area contributed by atoms with E-state index in [4.69, 9.17) is 0 Å². The molecule has 0 atom stereocenters. The molecule has 5 nitrogen and oxygen atoms in total. The van der Waals surface area contributed by atoms with Crippen molar-refractivity contribution in [3.05, 3.63) is 58.3 Å². The molecule has 1 aromatic heterocycles. The molecule has 0 aliphatic heterocycles. The first kappa shape index (κ1) is 13.2. The lowest BCUT2D eigenvalue weighted by atomic mass is 10.2. The third kappa shape index (κ3) is 3.62. The molecule has 2 rings (SSSR count). The van der Waals surface area contributed by atoms with Gasteiger partial charge in [-0.05, 0) is 34.1 Å². The van der Waals surface area contributed by atoms with Gasteiger partial charge in [-0.15, -0.1) is 0 Å². The molecule has 0 aliphatic carbocycles. The minimum atomic E-state index is -0.375. The van der Waals surface area contributed by atoms with E-state index in [0.717, 1.165) is 0 Å². The SMILES string of the molecule is O=C(N/N=C/c1ccccc1O)c1cncc(Br)c1.